The molecular weight excluding hydrogens is 298 g/mol. The van der Waals surface area contributed by atoms with E-state index < -0.39 is 0 Å². The maximum atomic E-state index is 5.28. The molecule has 0 radical (unpaired) electrons. The zero-order valence-corrected chi connectivity index (χ0v) is 9.67. The Morgan fingerprint density at radius 2 is 2.08 bits per heavy atom. The lowest BCUT2D eigenvalue weighted by molar-refractivity contribution is 0.581. The molecule has 2 aromatic rings. The van der Waals surface area contributed by atoms with Crippen molar-refractivity contribution in [1.82, 2.24) is 4.98 Å². The summed E-state index contributed by atoms with van der Waals surface area (Å²) >= 11 is 6.81. The van der Waals surface area contributed by atoms with E-state index in [4.69, 9.17) is 4.42 Å². The molecule has 0 atom stereocenters. The highest BCUT2D eigenvalue weighted by molar-refractivity contribution is 9.11. The highest BCUT2D eigenvalue weighted by Gasteiger charge is 2.10. The van der Waals surface area contributed by atoms with E-state index in [0.717, 1.165) is 20.4 Å². The number of hydrogen-bond donors (Lipinski definition) is 0. The zero-order valence-electron chi connectivity index (χ0n) is 6.50. The van der Waals surface area contributed by atoms with Crippen molar-refractivity contribution in [3.8, 4) is 11.3 Å². The number of furan rings is 1. The minimum absolute atomic E-state index is 0.775. The third kappa shape index (κ3) is 1.69. The van der Waals surface area contributed by atoms with Crippen LogP contribution >= 0.6 is 31.9 Å². The SMILES string of the molecule is Brc1ccnc(Br)c1-c1ccco1. The van der Waals surface area contributed by atoms with Crippen LogP contribution in [0, 0.1) is 0 Å². The predicted molar refractivity (Wildman–Crippen MR) is 57.3 cm³/mol. The smallest absolute Gasteiger partial charge is 0.137 e. The lowest BCUT2D eigenvalue weighted by Crippen LogP contribution is -1.82. The standard InChI is InChI=1S/C9H5Br2NO/c10-6-3-4-12-9(11)8(6)7-2-1-5-13-7/h1-5H. The summed E-state index contributed by atoms with van der Waals surface area (Å²) in [7, 11) is 0. The first-order valence-electron chi connectivity index (χ1n) is 3.63. The van der Waals surface area contributed by atoms with Crippen LogP contribution in [0.25, 0.3) is 11.3 Å². The molecule has 0 bridgehead atoms. The molecule has 0 amide bonds. The molecule has 66 valence electrons. The molecule has 0 aliphatic carbocycles. The summed E-state index contributed by atoms with van der Waals surface area (Å²) in [4.78, 5) is 4.12. The van der Waals surface area contributed by atoms with Gasteiger partial charge in [-0.2, -0.15) is 0 Å². The van der Waals surface area contributed by atoms with Crippen molar-refractivity contribution in [2.45, 2.75) is 0 Å². The number of rotatable bonds is 1. The normalized spacial score (nSPS) is 10.3. The van der Waals surface area contributed by atoms with E-state index >= 15 is 0 Å². The van der Waals surface area contributed by atoms with E-state index in [0.29, 0.717) is 0 Å². The number of pyridine rings is 1. The van der Waals surface area contributed by atoms with Crippen molar-refractivity contribution < 1.29 is 4.42 Å². The molecule has 2 aromatic heterocycles. The molecule has 13 heavy (non-hydrogen) atoms. The van der Waals surface area contributed by atoms with Crippen LogP contribution in [-0.4, -0.2) is 4.98 Å². The average molecular weight is 303 g/mol. The molecular formula is C9H5Br2NO. The molecule has 0 unspecified atom stereocenters. The number of aromatic nitrogens is 1. The summed E-state index contributed by atoms with van der Waals surface area (Å²) in [5.41, 5.74) is 0.938. The summed E-state index contributed by atoms with van der Waals surface area (Å²) < 4.78 is 7.02. The van der Waals surface area contributed by atoms with Crippen LogP contribution in [0.3, 0.4) is 0 Å². The molecule has 0 aliphatic heterocycles. The first-order chi connectivity index (χ1) is 6.29. The van der Waals surface area contributed by atoms with Crippen LogP contribution < -0.4 is 0 Å². The summed E-state index contributed by atoms with van der Waals surface area (Å²) in [5.74, 6) is 0.798. The van der Waals surface area contributed by atoms with Crippen molar-refractivity contribution in [3.05, 3.63) is 39.7 Å². The van der Waals surface area contributed by atoms with Gasteiger partial charge in [0.05, 0.1) is 11.8 Å². The van der Waals surface area contributed by atoms with Gasteiger partial charge in [0.2, 0.25) is 0 Å². The van der Waals surface area contributed by atoms with Crippen LogP contribution in [0.2, 0.25) is 0 Å². The third-order valence-electron chi connectivity index (χ3n) is 1.62. The van der Waals surface area contributed by atoms with Crippen LogP contribution in [0.4, 0.5) is 0 Å². The van der Waals surface area contributed by atoms with Gasteiger partial charge in [-0.3, -0.25) is 0 Å². The van der Waals surface area contributed by atoms with E-state index in [1.165, 1.54) is 0 Å². The van der Waals surface area contributed by atoms with Gasteiger partial charge in [0.15, 0.2) is 0 Å². The van der Waals surface area contributed by atoms with Gasteiger partial charge in [0, 0.05) is 10.7 Å². The number of nitrogens with zero attached hydrogens (tertiary/aromatic N) is 1. The molecule has 0 aromatic carbocycles. The van der Waals surface area contributed by atoms with Crippen LogP contribution in [-0.2, 0) is 0 Å². The predicted octanol–water partition coefficient (Wildman–Crippen LogP) is 3.87. The van der Waals surface area contributed by atoms with Gasteiger partial charge in [-0.1, -0.05) is 0 Å². The molecule has 2 heterocycles. The summed E-state index contributed by atoms with van der Waals surface area (Å²) in [6.45, 7) is 0. The van der Waals surface area contributed by atoms with Crippen molar-refractivity contribution in [3.63, 3.8) is 0 Å². The Bertz CT molecular complexity index is 391. The third-order valence-corrected chi connectivity index (χ3v) is 2.88. The molecule has 0 saturated carbocycles. The van der Waals surface area contributed by atoms with Gasteiger partial charge in [-0.05, 0) is 50.1 Å². The fourth-order valence-corrected chi connectivity index (χ4v) is 2.35. The first-order valence-corrected chi connectivity index (χ1v) is 5.21. The molecule has 0 N–H and O–H groups in total. The molecule has 0 fully saturated rings. The maximum absolute atomic E-state index is 5.28. The second-order valence-corrected chi connectivity index (χ2v) is 4.04. The Labute approximate surface area is 92.2 Å². The maximum Gasteiger partial charge on any atom is 0.137 e. The van der Waals surface area contributed by atoms with Gasteiger partial charge in [0.1, 0.15) is 10.4 Å². The fraction of sp³-hybridized carbons (Fsp3) is 0. The minimum atomic E-state index is 0.775. The number of hydrogen-bond acceptors (Lipinski definition) is 2. The monoisotopic (exact) mass is 301 g/mol. The van der Waals surface area contributed by atoms with E-state index in [9.17, 15) is 0 Å². The van der Waals surface area contributed by atoms with Gasteiger partial charge >= 0.3 is 0 Å². The van der Waals surface area contributed by atoms with Crippen LogP contribution in [0.15, 0.2) is 44.2 Å². The van der Waals surface area contributed by atoms with E-state index in [2.05, 4.69) is 36.8 Å². The molecule has 0 saturated heterocycles. The van der Waals surface area contributed by atoms with Crippen molar-refractivity contribution in [2.75, 3.05) is 0 Å². The van der Waals surface area contributed by atoms with Gasteiger partial charge in [-0.25, -0.2) is 4.98 Å². The van der Waals surface area contributed by atoms with Crippen LogP contribution in [0.1, 0.15) is 0 Å². The van der Waals surface area contributed by atoms with Gasteiger partial charge in [0.25, 0.3) is 0 Å². The lowest BCUT2D eigenvalue weighted by Gasteiger charge is -2.01. The highest BCUT2D eigenvalue weighted by atomic mass is 79.9. The Hall–Kier alpha value is -0.610. The first kappa shape index (κ1) is 8.97. The quantitative estimate of drug-likeness (QED) is 0.748. The van der Waals surface area contributed by atoms with Gasteiger partial charge in [-0.15, -0.1) is 0 Å². The molecule has 2 rings (SSSR count). The average Bonchev–Trinajstić information content (AvgIpc) is 2.57. The minimum Gasteiger partial charge on any atom is -0.464 e. The Kier molecular flexibility index (Phi) is 2.51. The summed E-state index contributed by atoms with van der Waals surface area (Å²) in [6, 6.07) is 5.62. The van der Waals surface area contributed by atoms with Gasteiger partial charge < -0.3 is 4.42 Å². The van der Waals surface area contributed by atoms with E-state index in [1.807, 2.05) is 18.2 Å². The van der Waals surface area contributed by atoms with Crippen LogP contribution in [0.5, 0.6) is 0 Å². The summed E-state index contributed by atoms with van der Waals surface area (Å²) in [6.07, 6.45) is 3.36. The lowest BCUT2D eigenvalue weighted by atomic mass is 10.2. The topological polar surface area (TPSA) is 26.0 Å². The Morgan fingerprint density at radius 1 is 1.23 bits per heavy atom. The Morgan fingerprint density at radius 3 is 2.69 bits per heavy atom. The molecule has 2 nitrogen and oxygen atoms in total. The zero-order chi connectivity index (χ0) is 9.26. The molecule has 0 spiro atoms. The highest BCUT2D eigenvalue weighted by Crippen LogP contribution is 2.33. The Balaban J connectivity index is 2.64. The molecule has 0 aliphatic rings. The summed E-state index contributed by atoms with van der Waals surface area (Å²) in [5, 5.41) is 0. The van der Waals surface area contributed by atoms with E-state index in [-0.39, 0.29) is 0 Å². The second-order valence-electron chi connectivity index (χ2n) is 2.44. The molecule has 4 heteroatoms. The largest absolute Gasteiger partial charge is 0.464 e. The van der Waals surface area contributed by atoms with Crippen molar-refractivity contribution >= 4 is 31.9 Å². The van der Waals surface area contributed by atoms with Crippen molar-refractivity contribution in [2.24, 2.45) is 0 Å². The number of halogens is 2. The van der Waals surface area contributed by atoms with Crippen molar-refractivity contribution in [1.29, 1.82) is 0 Å². The second kappa shape index (κ2) is 3.64. The fourth-order valence-electron chi connectivity index (χ4n) is 1.05. The van der Waals surface area contributed by atoms with E-state index in [1.54, 1.807) is 12.5 Å².